The Labute approximate surface area is 59.2 Å². The van der Waals surface area contributed by atoms with E-state index < -0.39 is 21.5 Å². The topological polar surface area (TPSA) is 67.2 Å². The lowest BCUT2D eigenvalue weighted by Gasteiger charge is -2.06. The number of hydrogen-bond donors (Lipinski definition) is 3. The van der Waals surface area contributed by atoms with E-state index in [0.29, 0.717) is 0 Å². The first-order chi connectivity index (χ1) is 3.81. The van der Waals surface area contributed by atoms with Crippen molar-refractivity contribution < 1.29 is 3.07 Å². The van der Waals surface area contributed by atoms with Crippen LogP contribution in [0.15, 0.2) is 0 Å². The summed E-state index contributed by atoms with van der Waals surface area (Å²) in [6.45, 7) is 2.72. The molecule has 0 aromatic carbocycles. The SMILES string of the molecule is CCN[C@H](N)NI=O. The zero-order valence-corrected chi connectivity index (χ0v) is 6.81. The fourth-order valence-electron chi connectivity index (χ4n) is 0.306. The van der Waals surface area contributed by atoms with Gasteiger partial charge in [-0.1, -0.05) is 6.92 Å². The third kappa shape index (κ3) is 4.57. The smallest absolute Gasteiger partial charge is 0.239 e. The van der Waals surface area contributed by atoms with Gasteiger partial charge in [0.25, 0.3) is 0 Å². The molecule has 4 N–H and O–H groups in total. The van der Waals surface area contributed by atoms with Crippen LogP contribution in [0, 0.1) is 0 Å². The van der Waals surface area contributed by atoms with Crippen molar-refractivity contribution in [1.29, 1.82) is 0 Å². The average Bonchev–Trinajstić information content (AvgIpc) is 1.68. The van der Waals surface area contributed by atoms with E-state index in [1.54, 1.807) is 0 Å². The van der Waals surface area contributed by atoms with E-state index in [0.717, 1.165) is 6.54 Å². The van der Waals surface area contributed by atoms with Gasteiger partial charge in [-0.25, -0.2) is 3.53 Å². The molecule has 0 bridgehead atoms. The second-order valence-electron chi connectivity index (χ2n) is 1.22. The molecule has 0 aromatic rings. The molecule has 0 aromatic heterocycles. The van der Waals surface area contributed by atoms with Crippen LogP contribution in [-0.4, -0.2) is 12.8 Å². The van der Waals surface area contributed by atoms with Gasteiger partial charge in [-0.2, -0.15) is 0 Å². The summed E-state index contributed by atoms with van der Waals surface area (Å²) in [4.78, 5) is 0. The minimum absolute atomic E-state index is 0.301. The van der Waals surface area contributed by atoms with Gasteiger partial charge in [0, 0.05) is 0 Å². The van der Waals surface area contributed by atoms with Crippen molar-refractivity contribution in [2.24, 2.45) is 5.73 Å². The van der Waals surface area contributed by atoms with Crippen molar-refractivity contribution in [2.75, 3.05) is 6.54 Å². The lowest BCUT2D eigenvalue weighted by molar-refractivity contribution is 0.542. The van der Waals surface area contributed by atoms with Gasteiger partial charge in [0.2, 0.25) is 21.5 Å². The molecular weight excluding hydrogens is 221 g/mol. The van der Waals surface area contributed by atoms with Crippen LogP contribution in [0.2, 0.25) is 0 Å². The molecule has 0 heterocycles. The van der Waals surface area contributed by atoms with Crippen molar-refractivity contribution in [2.45, 2.75) is 13.2 Å². The second kappa shape index (κ2) is 5.54. The van der Waals surface area contributed by atoms with E-state index in [9.17, 15) is 3.07 Å². The molecule has 0 aliphatic carbocycles. The minimum atomic E-state index is -1.13. The Morgan fingerprint density at radius 1 is 1.88 bits per heavy atom. The van der Waals surface area contributed by atoms with Gasteiger partial charge in [0.1, 0.15) is 6.29 Å². The van der Waals surface area contributed by atoms with E-state index in [2.05, 4.69) is 8.85 Å². The lowest BCUT2D eigenvalue weighted by Crippen LogP contribution is -2.45. The Bertz CT molecular complexity index is 69.5. The Balaban J connectivity index is 3.03. The summed E-state index contributed by atoms with van der Waals surface area (Å²) in [5.41, 5.74) is 5.30. The molecule has 0 rings (SSSR count). The van der Waals surface area contributed by atoms with Crippen LogP contribution in [0.25, 0.3) is 0 Å². The average molecular weight is 231 g/mol. The number of hydrogen-bond acceptors (Lipinski definition) is 3. The number of rotatable bonds is 4. The molecule has 8 heavy (non-hydrogen) atoms. The first-order valence-corrected chi connectivity index (χ1v) is 4.27. The van der Waals surface area contributed by atoms with Gasteiger partial charge in [0.15, 0.2) is 0 Å². The first-order valence-electron chi connectivity index (χ1n) is 2.31. The summed E-state index contributed by atoms with van der Waals surface area (Å²) >= 11 is -1.13. The van der Waals surface area contributed by atoms with Crippen molar-refractivity contribution in [3.63, 3.8) is 0 Å². The monoisotopic (exact) mass is 231 g/mol. The predicted octanol–water partition coefficient (Wildman–Crippen LogP) is -0.341. The summed E-state index contributed by atoms with van der Waals surface area (Å²) in [5.74, 6) is 0. The van der Waals surface area contributed by atoms with Crippen LogP contribution in [-0.2, 0) is 3.07 Å². The Kier molecular flexibility index (Phi) is 5.83. The molecule has 0 fully saturated rings. The Morgan fingerprint density at radius 3 is 2.88 bits per heavy atom. The van der Waals surface area contributed by atoms with Gasteiger partial charge in [0.05, 0.1) is 0 Å². The van der Waals surface area contributed by atoms with Gasteiger partial charge in [-0.3, -0.25) is 8.39 Å². The van der Waals surface area contributed by atoms with Gasteiger partial charge in [-0.15, -0.1) is 0 Å². The number of nitrogens with one attached hydrogen (secondary N) is 2. The maximum Gasteiger partial charge on any atom is 0.239 e. The van der Waals surface area contributed by atoms with Crippen LogP contribution in [0.3, 0.4) is 0 Å². The number of halogens is 1. The highest BCUT2D eigenvalue weighted by Gasteiger charge is 1.93. The molecule has 0 unspecified atom stereocenters. The van der Waals surface area contributed by atoms with E-state index in [4.69, 9.17) is 5.73 Å². The van der Waals surface area contributed by atoms with Crippen molar-refractivity contribution in [1.82, 2.24) is 8.85 Å². The summed E-state index contributed by atoms with van der Waals surface area (Å²) in [6, 6.07) is 0. The minimum Gasteiger partial charge on any atom is -0.303 e. The van der Waals surface area contributed by atoms with Crippen LogP contribution >= 0.6 is 21.5 Å². The molecular formula is C3H10IN3O. The Morgan fingerprint density at radius 2 is 2.50 bits per heavy atom. The fourth-order valence-corrected chi connectivity index (χ4v) is 0.801. The second-order valence-corrected chi connectivity index (χ2v) is 2.28. The predicted molar refractivity (Wildman–Crippen MR) is 39.5 cm³/mol. The summed E-state index contributed by atoms with van der Waals surface area (Å²) in [6.07, 6.45) is -0.301. The van der Waals surface area contributed by atoms with Crippen LogP contribution in [0.1, 0.15) is 6.92 Å². The highest BCUT2D eigenvalue weighted by molar-refractivity contribution is 14.1. The normalized spacial score (nSPS) is 13.8. The molecule has 0 radical (unpaired) electrons. The zero-order chi connectivity index (χ0) is 6.41. The molecule has 0 spiro atoms. The van der Waals surface area contributed by atoms with Gasteiger partial charge >= 0.3 is 0 Å². The third-order valence-electron chi connectivity index (χ3n) is 0.586. The maximum absolute atomic E-state index is 9.89. The molecule has 0 saturated carbocycles. The Hall–Kier alpha value is 0.410. The molecule has 4 nitrogen and oxygen atoms in total. The van der Waals surface area contributed by atoms with Gasteiger partial charge < -0.3 is 5.73 Å². The van der Waals surface area contributed by atoms with Crippen LogP contribution < -0.4 is 14.6 Å². The quantitative estimate of drug-likeness (QED) is 0.351. The van der Waals surface area contributed by atoms with Crippen LogP contribution in [0.4, 0.5) is 0 Å². The van der Waals surface area contributed by atoms with E-state index in [1.807, 2.05) is 6.92 Å². The lowest BCUT2D eigenvalue weighted by atomic mass is 10.7. The fraction of sp³-hybridized carbons (Fsp3) is 1.00. The van der Waals surface area contributed by atoms with Crippen molar-refractivity contribution in [3.8, 4) is 0 Å². The first kappa shape index (κ1) is 8.41. The van der Waals surface area contributed by atoms with Gasteiger partial charge in [-0.05, 0) is 6.54 Å². The van der Waals surface area contributed by atoms with E-state index >= 15 is 0 Å². The standard InChI is InChI=1S/C3H10IN3O/c1-2-6-3(5)7-4-8/h3,6H,2,5H2,1H3,(H,7,8)/t3-/m0/s1. The molecule has 0 aliphatic heterocycles. The highest BCUT2D eigenvalue weighted by Crippen LogP contribution is 1.79. The molecule has 1 atom stereocenters. The third-order valence-corrected chi connectivity index (χ3v) is 1.51. The maximum atomic E-state index is 9.89. The summed E-state index contributed by atoms with van der Waals surface area (Å²) in [7, 11) is 0. The molecule has 50 valence electrons. The number of nitrogens with two attached hydrogens (primary N) is 1. The van der Waals surface area contributed by atoms with Crippen LogP contribution in [0.5, 0.6) is 0 Å². The van der Waals surface area contributed by atoms with Crippen molar-refractivity contribution >= 4 is 21.5 Å². The molecule has 0 amide bonds. The molecule has 5 heteroatoms. The summed E-state index contributed by atoms with van der Waals surface area (Å²) < 4.78 is 12.5. The molecule has 0 aliphatic rings. The summed E-state index contributed by atoms with van der Waals surface area (Å²) in [5, 5.41) is 2.84. The highest BCUT2D eigenvalue weighted by atomic mass is 127. The van der Waals surface area contributed by atoms with Crippen molar-refractivity contribution in [3.05, 3.63) is 0 Å². The largest absolute Gasteiger partial charge is 0.303 e. The molecule has 0 saturated heterocycles. The zero-order valence-electron chi connectivity index (χ0n) is 4.65. The van der Waals surface area contributed by atoms with E-state index in [1.165, 1.54) is 0 Å². The van der Waals surface area contributed by atoms with E-state index in [-0.39, 0.29) is 6.29 Å².